The van der Waals surface area contributed by atoms with Crippen molar-refractivity contribution < 1.29 is 19.8 Å². The average Bonchev–Trinajstić information content (AvgIpc) is 3.23. The van der Waals surface area contributed by atoms with Crippen LogP contribution in [0.2, 0.25) is 0 Å². The number of aliphatic hydroxyl groups is 1. The number of allylic oxidation sites excluding steroid dienone is 1. The van der Waals surface area contributed by atoms with Crippen molar-refractivity contribution in [2.45, 2.75) is 75.2 Å². The molecule has 1 aliphatic carbocycles. The number of carboxylic acid groups (broad SMARTS) is 1. The molecule has 0 radical (unpaired) electrons. The first kappa shape index (κ1) is 23.1. The summed E-state index contributed by atoms with van der Waals surface area (Å²) in [4.78, 5) is 27.2. The molecule has 7 heteroatoms. The molecule has 2 rings (SSSR count). The Labute approximate surface area is 175 Å². The van der Waals surface area contributed by atoms with Gasteiger partial charge in [-0.3, -0.25) is 4.79 Å². The van der Waals surface area contributed by atoms with Crippen molar-refractivity contribution in [3.05, 3.63) is 23.2 Å². The van der Waals surface area contributed by atoms with E-state index >= 15 is 0 Å². The van der Waals surface area contributed by atoms with Gasteiger partial charge in [0.15, 0.2) is 10.0 Å². The van der Waals surface area contributed by atoms with E-state index in [9.17, 15) is 14.7 Å². The van der Waals surface area contributed by atoms with E-state index in [1.165, 1.54) is 23.1 Å². The minimum absolute atomic E-state index is 0.0210. The van der Waals surface area contributed by atoms with Crippen LogP contribution in [0.4, 0.5) is 0 Å². The van der Waals surface area contributed by atoms with Gasteiger partial charge in [-0.1, -0.05) is 50.1 Å². The number of aromatic carboxylic acids is 1. The Balaban J connectivity index is 1.80. The van der Waals surface area contributed by atoms with Gasteiger partial charge < -0.3 is 10.2 Å². The fourth-order valence-electron chi connectivity index (χ4n) is 3.59. The lowest BCUT2D eigenvalue weighted by Crippen LogP contribution is -2.23. The summed E-state index contributed by atoms with van der Waals surface area (Å²) in [7, 11) is 0. The van der Waals surface area contributed by atoms with Crippen LogP contribution in [-0.2, 0) is 4.79 Å². The number of carbonyl (C=O) groups excluding carboxylic acids is 1. The van der Waals surface area contributed by atoms with Crippen LogP contribution in [0.25, 0.3) is 0 Å². The predicted molar refractivity (Wildman–Crippen MR) is 114 cm³/mol. The second-order valence-electron chi connectivity index (χ2n) is 7.80. The lowest BCUT2D eigenvalue weighted by Gasteiger charge is -2.22. The first-order chi connectivity index (χ1) is 13.3. The summed E-state index contributed by atoms with van der Waals surface area (Å²) in [6.07, 6.45) is 11.2. The van der Waals surface area contributed by atoms with Crippen LogP contribution < -0.4 is 0 Å². The molecule has 0 aromatic carbocycles. The summed E-state index contributed by atoms with van der Waals surface area (Å²) in [5, 5.41) is 20.9. The first-order valence-corrected chi connectivity index (χ1v) is 11.9. The number of carbonyl (C=O) groups is 2. The number of thioether (sulfide) groups is 1. The lowest BCUT2D eigenvalue weighted by atomic mass is 9.90. The smallest absolute Gasteiger partial charge is 0.355 e. The zero-order valence-corrected chi connectivity index (χ0v) is 18.4. The zero-order valence-electron chi connectivity index (χ0n) is 16.7. The molecule has 0 amide bonds. The highest BCUT2D eigenvalue weighted by Crippen LogP contribution is 2.35. The van der Waals surface area contributed by atoms with Crippen LogP contribution >= 0.6 is 23.1 Å². The molecule has 0 saturated heterocycles. The van der Waals surface area contributed by atoms with Gasteiger partial charge >= 0.3 is 5.97 Å². The number of Topliss-reactive ketones (excluding diaryl/α,β-unsaturated/α-hetero) is 1. The number of nitrogens with zero attached hydrogens (tertiary/aromatic N) is 1. The summed E-state index contributed by atoms with van der Waals surface area (Å²) in [5.74, 6) is 0.320. The van der Waals surface area contributed by atoms with Gasteiger partial charge in [-0.15, -0.1) is 11.3 Å². The molecule has 1 aromatic rings. The molecular formula is C21H31NO4S2. The average molecular weight is 426 g/mol. The molecular weight excluding hydrogens is 394 g/mol. The molecule has 1 aromatic heterocycles. The highest BCUT2D eigenvalue weighted by molar-refractivity contribution is 8.01. The largest absolute Gasteiger partial charge is 0.476 e. The number of hydrogen-bond acceptors (Lipinski definition) is 6. The zero-order chi connectivity index (χ0) is 20.6. The summed E-state index contributed by atoms with van der Waals surface area (Å²) in [6, 6.07) is 0. The van der Waals surface area contributed by atoms with Gasteiger partial charge in [0, 0.05) is 23.5 Å². The fourth-order valence-corrected chi connectivity index (χ4v) is 5.48. The topological polar surface area (TPSA) is 87.5 Å². The van der Waals surface area contributed by atoms with Gasteiger partial charge in [0.25, 0.3) is 0 Å². The number of ketones is 1. The Morgan fingerprint density at radius 3 is 2.93 bits per heavy atom. The van der Waals surface area contributed by atoms with Gasteiger partial charge in [0.05, 0.1) is 5.60 Å². The summed E-state index contributed by atoms with van der Waals surface area (Å²) in [5.41, 5.74) is -0.594. The van der Waals surface area contributed by atoms with E-state index in [2.05, 4.69) is 24.1 Å². The molecule has 1 heterocycles. The highest BCUT2D eigenvalue weighted by Gasteiger charge is 2.32. The Morgan fingerprint density at radius 2 is 2.25 bits per heavy atom. The first-order valence-electron chi connectivity index (χ1n) is 10.1. The van der Waals surface area contributed by atoms with Gasteiger partial charge in [0.2, 0.25) is 0 Å². The minimum Gasteiger partial charge on any atom is -0.476 e. The number of rotatable bonds is 12. The third kappa shape index (κ3) is 7.33. The van der Waals surface area contributed by atoms with Crippen LogP contribution in [-0.4, -0.2) is 38.3 Å². The van der Waals surface area contributed by atoms with Crippen molar-refractivity contribution in [2.75, 3.05) is 5.75 Å². The van der Waals surface area contributed by atoms with E-state index in [-0.39, 0.29) is 17.5 Å². The van der Waals surface area contributed by atoms with Crippen molar-refractivity contribution in [1.29, 1.82) is 0 Å². The van der Waals surface area contributed by atoms with E-state index in [4.69, 9.17) is 5.11 Å². The number of unbranched alkanes of at least 4 members (excludes halogenated alkanes) is 2. The predicted octanol–water partition coefficient (Wildman–Crippen LogP) is 5.20. The fraction of sp³-hybridized carbons (Fsp3) is 0.667. The maximum absolute atomic E-state index is 12.3. The quantitative estimate of drug-likeness (QED) is 0.272. The molecule has 0 unspecified atom stereocenters. The molecule has 5 nitrogen and oxygen atoms in total. The van der Waals surface area contributed by atoms with Crippen molar-refractivity contribution >= 4 is 34.9 Å². The maximum Gasteiger partial charge on any atom is 0.355 e. The second-order valence-corrected chi connectivity index (χ2v) is 10.0. The summed E-state index contributed by atoms with van der Waals surface area (Å²) < 4.78 is 0.734. The van der Waals surface area contributed by atoms with Gasteiger partial charge in [-0.05, 0) is 38.5 Å². The molecule has 28 heavy (non-hydrogen) atoms. The molecule has 2 N–H and O–H groups in total. The molecule has 0 aliphatic heterocycles. The highest BCUT2D eigenvalue weighted by atomic mass is 32.2. The molecule has 0 bridgehead atoms. The molecule has 1 aliphatic rings. The number of hydrogen-bond donors (Lipinski definition) is 2. The van der Waals surface area contributed by atoms with Gasteiger partial charge in [-0.2, -0.15) is 0 Å². The number of thiazole rings is 1. The van der Waals surface area contributed by atoms with E-state index in [0.717, 1.165) is 48.6 Å². The third-order valence-electron chi connectivity index (χ3n) is 5.27. The Morgan fingerprint density at radius 1 is 1.46 bits per heavy atom. The number of carboxylic acids is 1. The van der Waals surface area contributed by atoms with E-state index in [0.29, 0.717) is 18.6 Å². The van der Waals surface area contributed by atoms with Crippen LogP contribution in [0.5, 0.6) is 0 Å². The molecule has 1 saturated carbocycles. The Bertz CT molecular complexity index is 684. The Hall–Kier alpha value is -1.18. The van der Waals surface area contributed by atoms with Gasteiger partial charge in [-0.25, -0.2) is 9.78 Å². The van der Waals surface area contributed by atoms with E-state index in [1.807, 2.05) is 6.92 Å². The van der Waals surface area contributed by atoms with Crippen molar-refractivity contribution in [3.8, 4) is 0 Å². The minimum atomic E-state index is -1.01. The van der Waals surface area contributed by atoms with Gasteiger partial charge in [0.1, 0.15) is 5.78 Å². The van der Waals surface area contributed by atoms with Crippen LogP contribution in [0.3, 0.4) is 0 Å². The SMILES string of the molecule is CCCCC[C@@](C)(O)CC=C[C@H]1CCC(=O)[C@@H]1CCSc1nc(C(=O)O)cs1. The van der Waals surface area contributed by atoms with Crippen LogP contribution in [0.1, 0.15) is 75.7 Å². The van der Waals surface area contributed by atoms with Crippen molar-refractivity contribution in [1.82, 2.24) is 4.98 Å². The van der Waals surface area contributed by atoms with E-state index < -0.39 is 11.6 Å². The van der Waals surface area contributed by atoms with Crippen molar-refractivity contribution in [3.63, 3.8) is 0 Å². The van der Waals surface area contributed by atoms with Crippen LogP contribution in [0, 0.1) is 11.8 Å². The molecule has 1 fully saturated rings. The molecule has 156 valence electrons. The molecule has 3 atom stereocenters. The van der Waals surface area contributed by atoms with Crippen molar-refractivity contribution in [2.24, 2.45) is 11.8 Å². The van der Waals surface area contributed by atoms with E-state index in [1.54, 1.807) is 5.38 Å². The Kier molecular flexibility index (Phi) is 9.18. The lowest BCUT2D eigenvalue weighted by molar-refractivity contribution is -0.121. The summed E-state index contributed by atoms with van der Waals surface area (Å²) in [6.45, 7) is 4.05. The summed E-state index contributed by atoms with van der Waals surface area (Å²) >= 11 is 2.85. The standard InChI is InChI=1S/C21H31NO4S2/c1-3-4-5-11-21(2,26)12-6-7-15-8-9-18(23)16(15)10-13-27-20-22-17(14-28-20)19(24)25/h6-7,14-16,26H,3-5,8-13H2,1-2H3,(H,24,25)/t15-,16+,21+/m0/s1. The third-order valence-corrected chi connectivity index (χ3v) is 7.33. The second kappa shape index (κ2) is 11.1. The number of aromatic nitrogens is 1. The normalized spacial score (nSPS) is 22.0. The van der Waals surface area contributed by atoms with Crippen LogP contribution in [0.15, 0.2) is 21.9 Å². The molecule has 0 spiro atoms. The maximum atomic E-state index is 12.3. The monoisotopic (exact) mass is 425 g/mol.